The van der Waals surface area contributed by atoms with Gasteiger partial charge in [-0.15, -0.1) is 0 Å². The van der Waals surface area contributed by atoms with Crippen LogP contribution in [-0.2, 0) is 0 Å². The first-order chi connectivity index (χ1) is 6.72. The molecule has 1 unspecified atom stereocenters. The molecular weight excluding hydrogens is 176 g/mol. The fourth-order valence-corrected chi connectivity index (χ4v) is 1.74. The molecule has 0 spiro atoms. The Bertz CT molecular complexity index is 266. The molecule has 1 atom stereocenters. The van der Waals surface area contributed by atoms with E-state index in [0.29, 0.717) is 6.54 Å². The van der Waals surface area contributed by atoms with Crippen molar-refractivity contribution in [3.63, 3.8) is 0 Å². The Hall–Kier alpha value is -0.800. The predicted molar refractivity (Wildman–Crippen MR) is 58.2 cm³/mol. The van der Waals surface area contributed by atoms with Gasteiger partial charge in [0.1, 0.15) is 11.5 Å². The van der Waals surface area contributed by atoms with Crippen LogP contribution in [0.4, 0.5) is 0 Å². The summed E-state index contributed by atoms with van der Waals surface area (Å²) in [6.07, 6.45) is 0. The predicted octanol–water partition coefficient (Wildman–Crippen LogP) is 1.93. The van der Waals surface area contributed by atoms with Crippen molar-refractivity contribution in [1.82, 2.24) is 4.90 Å². The van der Waals surface area contributed by atoms with Crippen LogP contribution in [0, 0.1) is 6.92 Å². The Morgan fingerprint density at radius 3 is 2.36 bits per heavy atom. The molecule has 0 aromatic carbocycles. The summed E-state index contributed by atoms with van der Waals surface area (Å²) in [5, 5.41) is 0. The quantitative estimate of drug-likeness (QED) is 0.782. The molecule has 1 rings (SSSR count). The molecule has 0 radical (unpaired) electrons. The van der Waals surface area contributed by atoms with Crippen LogP contribution in [0.5, 0.6) is 0 Å². The number of nitrogens with zero attached hydrogens (tertiary/aromatic N) is 1. The second-order valence-corrected chi connectivity index (χ2v) is 3.42. The fourth-order valence-electron chi connectivity index (χ4n) is 1.74. The zero-order valence-electron chi connectivity index (χ0n) is 9.29. The average molecular weight is 196 g/mol. The zero-order chi connectivity index (χ0) is 10.6. The summed E-state index contributed by atoms with van der Waals surface area (Å²) in [6, 6.07) is 4.23. The third-order valence-corrected chi connectivity index (χ3v) is 2.57. The molecule has 3 nitrogen and oxygen atoms in total. The Morgan fingerprint density at radius 2 is 2.00 bits per heavy atom. The number of hydrogen-bond acceptors (Lipinski definition) is 3. The standard InChI is InChI=1S/C11H20N2O/c1-4-13(5-2)10(8-12)11-7-6-9(3)14-11/h6-7,10H,4-5,8,12H2,1-3H3. The molecule has 80 valence electrons. The minimum absolute atomic E-state index is 0.221. The number of hydrogen-bond donors (Lipinski definition) is 1. The van der Waals surface area contributed by atoms with E-state index in [9.17, 15) is 0 Å². The van der Waals surface area contributed by atoms with Gasteiger partial charge in [0.25, 0.3) is 0 Å². The van der Waals surface area contributed by atoms with E-state index in [0.717, 1.165) is 24.6 Å². The maximum Gasteiger partial charge on any atom is 0.122 e. The lowest BCUT2D eigenvalue weighted by Gasteiger charge is -2.26. The van der Waals surface area contributed by atoms with Gasteiger partial charge in [0.05, 0.1) is 6.04 Å². The van der Waals surface area contributed by atoms with Gasteiger partial charge < -0.3 is 10.2 Å². The van der Waals surface area contributed by atoms with Crippen molar-refractivity contribution in [3.05, 3.63) is 23.7 Å². The Kier molecular flexibility index (Phi) is 4.17. The number of nitrogens with two attached hydrogens (primary N) is 1. The zero-order valence-corrected chi connectivity index (χ0v) is 9.29. The van der Waals surface area contributed by atoms with Crippen LogP contribution in [-0.4, -0.2) is 24.5 Å². The topological polar surface area (TPSA) is 42.4 Å². The first-order valence-corrected chi connectivity index (χ1v) is 5.23. The van der Waals surface area contributed by atoms with Crippen LogP contribution < -0.4 is 5.73 Å². The van der Waals surface area contributed by atoms with E-state index in [4.69, 9.17) is 10.2 Å². The fraction of sp³-hybridized carbons (Fsp3) is 0.636. The van der Waals surface area contributed by atoms with Gasteiger partial charge in [0.15, 0.2) is 0 Å². The second kappa shape index (κ2) is 5.17. The number of likely N-dealkylation sites (N-methyl/N-ethyl adjacent to an activating group) is 1. The highest BCUT2D eigenvalue weighted by Crippen LogP contribution is 2.21. The molecule has 0 saturated heterocycles. The summed E-state index contributed by atoms with van der Waals surface area (Å²) >= 11 is 0. The summed E-state index contributed by atoms with van der Waals surface area (Å²) in [7, 11) is 0. The Labute approximate surface area is 85.9 Å². The van der Waals surface area contributed by atoms with Crippen LogP contribution in [0.2, 0.25) is 0 Å². The summed E-state index contributed by atoms with van der Waals surface area (Å²) in [5.41, 5.74) is 5.76. The molecule has 0 amide bonds. The highest BCUT2D eigenvalue weighted by molar-refractivity contribution is 5.10. The van der Waals surface area contributed by atoms with E-state index in [1.165, 1.54) is 0 Å². The SMILES string of the molecule is CCN(CC)C(CN)c1ccc(C)o1. The van der Waals surface area contributed by atoms with Gasteiger partial charge in [0, 0.05) is 6.54 Å². The molecule has 0 aliphatic heterocycles. The van der Waals surface area contributed by atoms with E-state index >= 15 is 0 Å². The molecule has 3 heteroatoms. The largest absolute Gasteiger partial charge is 0.465 e. The van der Waals surface area contributed by atoms with Gasteiger partial charge in [-0.25, -0.2) is 0 Å². The van der Waals surface area contributed by atoms with Crippen LogP contribution in [0.15, 0.2) is 16.5 Å². The van der Waals surface area contributed by atoms with E-state index in [1.807, 2.05) is 19.1 Å². The lowest BCUT2D eigenvalue weighted by atomic mass is 10.2. The molecule has 2 N–H and O–H groups in total. The van der Waals surface area contributed by atoms with Gasteiger partial charge in [-0.2, -0.15) is 0 Å². The smallest absolute Gasteiger partial charge is 0.122 e. The van der Waals surface area contributed by atoms with Crippen LogP contribution in [0.25, 0.3) is 0 Å². The molecule has 1 aromatic rings. The van der Waals surface area contributed by atoms with Crippen LogP contribution in [0.1, 0.15) is 31.4 Å². The van der Waals surface area contributed by atoms with Crippen molar-refractivity contribution < 1.29 is 4.42 Å². The van der Waals surface area contributed by atoms with Gasteiger partial charge in [0.2, 0.25) is 0 Å². The highest BCUT2D eigenvalue weighted by atomic mass is 16.3. The lowest BCUT2D eigenvalue weighted by Crippen LogP contribution is -2.33. The van der Waals surface area contributed by atoms with Crippen LogP contribution >= 0.6 is 0 Å². The molecule has 0 aliphatic carbocycles. The van der Waals surface area contributed by atoms with Gasteiger partial charge in [-0.05, 0) is 32.1 Å². The number of rotatable bonds is 5. The Morgan fingerprint density at radius 1 is 1.36 bits per heavy atom. The van der Waals surface area contributed by atoms with Crippen molar-refractivity contribution in [2.45, 2.75) is 26.8 Å². The van der Waals surface area contributed by atoms with Crippen molar-refractivity contribution >= 4 is 0 Å². The van der Waals surface area contributed by atoms with Gasteiger partial charge in [-0.1, -0.05) is 13.8 Å². The molecule has 0 aliphatic rings. The lowest BCUT2D eigenvalue weighted by molar-refractivity contribution is 0.196. The van der Waals surface area contributed by atoms with Crippen molar-refractivity contribution in [3.8, 4) is 0 Å². The molecule has 0 saturated carbocycles. The summed E-state index contributed by atoms with van der Waals surface area (Å²) in [6.45, 7) is 8.84. The summed E-state index contributed by atoms with van der Waals surface area (Å²) in [4.78, 5) is 2.30. The maximum absolute atomic E-state index is 5.76. The third-order valence-electron chi connectivity index (χ3n) is 2.57. The molecular formula is C11H20N2O. The minimum atomic E-state index is 0.221. The van der Waals surface area contributed by atoms with Crippen LogP contribution in [0.3, 0.4) is 0 Å². The first kappa shape index (κ1) is 11.3. The van der Waals surface area contributed by atoms with Crippen molar-refractivity contribution in [2.24, 2.45) is 5.73 Å². The normalized spacial score (nSPS) is 13.5. The summed E-state index contributed by atoms with van der Waals surface area (Å²) in [5.74, 6) is 1.93. The second-order valence-electron chi connectivity index (χ2n) is 3.42. The van der Waals surface area contributed by atoms with E-state index in [2.05, 4.69) is 18.7 Å². The maximum atomic E-state index is 5.76. The van der Waals surface area contributed by atoms with Gasteiger partial charge in [-0.3, -0.25) is 4.90 Å². The molecule has 0 bridgehead atoms. The van der Waals surface area contributed by atoms with E-state index in [1.54, 1.807) is 0 Å². The van der Waals surface area contributed by atoms with Gasteiger partial charge >= 0.3 is 0 Å². The van der Waals surface area contributed by atoms with Crippen molar-refractivity contribution in [2.75, 3.05) is 19.6 Å². The molecule has 0 fully saturated rings. The summed E-state index contributed by atoms with van der Waals surface area (Å²) < 4.78 is 5.60. The number of furan rings is 1. The van der Waals surface area contributed by atoms with E-state index < -0.39 is 0 Å². The minimum Gasteiger partial charge on any atom is -0.465 e. The molecule has 14 heavy (non-hydrogen) atoms. The Balaban J connectivity index is 2.80. The third kappa shape index (κ3) is 2.36. The number of aryl methyl sites for hydroxylation is 1. The molecule has 1 aromatic heterocycles. The van der Waals surface area contributed by atoms with Crippen molar-refractivity contribution in [1.29, 1.82) is 0 Å². The monoisotopic (exact) mass is 196 g/mol. The van der Waals surface area contributed by atoms with E-state index in [-0.39, 0.29) is 6.04 Å². The highest BCUT2D eigenvalue weighted by Gasteiger charge is 2.18. The first-order valence-electron chi connectivity index (χ1n) is 5.23. The average Bonchev–Trinajstić information content (AvgIpc) is 2.60. The molecule has 1 heterocycles.